The van der Waals surface area contributed by atoms with E-state index in [1.54, 1.807) is 12.1 Å². The molecule has 1 saturated heterocycles. The molecule has 1 aromatic rings. The number of piperidine rings is 1. The van der Waals surface area contributed by atoms with Crippen LogP contribution in [0.5, 0.6) is 0 Å². The van der Waals surface area contributed by atoms with Crippen molar-refractivity contribution in [3.8, 4) is 6.07 Å². The second-order valence-electron chi connectivity index (χ2n) is 5.06. The molecule has 2 N–H and O–H groups in total. The van der Waals surface area contributed by atoms with E-state index in [9.17, 15) is 4.79 Å². The van der Waals surface area contributed by atoms with Crippen LogP contribution in [0.1, 0.15) is 29.4 Å². The minimum Gasteiger partial charge on any atom is -0.337 e. The first-order valence-corrected chi connectivity index (χ1v) is 6.51. The van der Waals surface area contributed by atoms with Crippen LogP contribution in [0.2, 0.25) is 0 Å². The Morgan fingerprint density at radius 2 is 2.42 bits per heavy atom. The Morgan fingerprint density at radius 1 is 1.63 bits per heavy atom. The zero-order valence-corrected chi connectivity index (χ0v) is 11.0. The summed E-state index contributed by atoms with van der Waals surface area (Å²) in [5.41, 5.74) is 6.60. The van der Waals surface area contributed by atoms with Gasteiger partial charge in [0.15, 0.2) is 0 Å². The van der Waals surface area contributed by atoms with Gasteiger partial charge >= 0.3 is 0 Å². The van der Waals surface area contributed by atoms with Gasteiger partial charge in [0.1, 0.15) is 11.8 Å². The van der Waals surface area contributed by atoms with E-state index in [2.05, 4.69) is 11.9 Å². The predicted octanol–water partition coefficient (Wildman–Crippen LogP) is 1.01. The van der Waals surface area contributed by atoms with E-state index in [1.807, 2.05) is 11.0 Å². The summed E-state index contributed by atoms with van der Waals surface area (Å²) in [5, 5.41) is 8.71. The smallest absolute Gasteiger partial charge is 0.272 e. The average molecular weight is 258 g/mol. The molecule has 0 spiro atoms. The van der Waals surface area contributed by atoms with Gasteiger partial charge in [0.05, 0.1) is 5.56 Å². The largest absolute Gasteiger partial charge is 0.337 e. The molecule has 0 aliphatic carbocycles. The molecule has 0 bridgehead atoms. The van der Waals surface area contributed by atoms with Crippen molar-refractivity contribution in [3.63, 3.8) is 0 Å². The van der Waals surface area contributed by atoms with Crippen LogP contribution in [0, 0.1) is 23.2 Å². The molecule has 2 heterocycles. The SMILES string of the molecule is CC1CCN(C(=O)c2ccc(C#N)cn2)CC1CN. The number of amides is 1. The Balaban J connectivity index is 2.09. The van der Waals surface area contributed by atoms with Crippen LogP contribution in [0.15, 0.2) is 18.3 Å². The van der Waals surface area contributed by atoms with Crippen molar-refractivity contribution < 1.29 is 4.79 Å². The second-order valence-corrected chi connectivity index (χ2v) is 5.06. The van der Waals surface area contributed by atoms with E-state index in [0.717, 1.165) is 13.0 Å². The van der Waals surface area contributed by atoms with Gasteiger partial charge in [0.2, 0.25) is 0 Å². The molecule has 2 unspecified atom stereocenters. The summed E-state index contributed by atoms with van der Waals surface area (Å²) in [6.45, 7) is 4.22. The van der Waals surface area contributed by atoms with Gasteiger partial charge in [0, 0.05) is 19.3 Å². The van der Waals surface area contributed by atoms with Gasteiger partial charge in [-0.05, 0) is 36.9 Å². The molecule has 0 radical (unpaired) electrons. The minimum absolute atomic E-state index is 0.0742. The van der Waals surface area contributed by atoms with E-state index in [4.69, 9.17) is 11.0 Å². The third kappa shape index (κ3) is 2.91. The quantitative estimate of drug-likeness (QED) is 0.858. The van der Waals surface area contributed by atoms with Crippen molar-refractivity contribution in [2.24, 2.45) is 17.6 Å². The monoisotopic (exact) mass is 258 g/mol. The number of nitrogens with zero attached hydrogens (tertiary/aromatic N) is 3. The molecule has 2 rings (SSSR count). The zero-order valence-electron chi connectivity index (χ0n) is 11.0. The molecule has 19 heavy (non-hydrogen) atoms. The summed E-state index contributed by atoms with van der Waals surface area (Å²) in [4.78, 5) is 18.2. The van der Waals surface area contributed by atoms with Crippen LogP contribution in [0.3, 0.4) is 0 Å². The fourth-order valence-corrected chi connectivity index (χ4v) is 2.39. The Bertz CT molecular complexity index is 491. The number of aromatic nitrogens is 1. The normalized spacial score (nSPS) is 22.9. The Morgan fingerprint density at radius 3 is 3.00 bits per heavy atom. The highest BCUT2D eigenvalue weighted by Crippen LogP contribution is 2.23. The lowest BCUT2D eigenvalue weighted by Crippen LogP contribution is -2.45. The molecule has 1 aliphatic heterocycles. The van der Waals surface area contributed by atoms with Gasteiger partial charge in [-0.15, -0.1) is 0 Å². The molecule has 1 aliphatic rings. The highest BCUT2D eigenvalue weighted by Gasteiger charge is 2.28. The van der Waals surface area contributed by atoms with Crippen molar-refractivity contribution in [2.75, 3.05) is 19.6 Å². The highest BCUT2D eigenvalue weighted by molar-refractivity contribution is 5.92. The molecule has 5 heteroatoms. The molecule has 1 aromatic heterocycles. The van der Waals surface area contributed by atoms with Gasteiger partial charge < -0.3 is 10.6 Å². The Labute approximate surface area is 113 Å². The fourth-order valence-electron chi connectivity index (χ4n) is 2.39. The van der Waals surface area contributed by atoms with Crippen LogP contribution >= 0.6 is 0 Å². The number of carbonyl (C=O) groups excluding carboxylic acids is 1. The lowest BCUT2D eigenvalue weighted by Gasteiger charge is -2.36. The topological polar surface area (TPSA) is 83.0 Å². The van der Waals surface area contributed by atoms with Crippen molar-refractivity contribution >= 4 is 5.91 Å². The first kappa shape index (κ1) is 13.5. The van der Waals surface area contributed by atoms with Gasteiger partial charge in [-0.2, -0.15) is 5.26 Å². The van der Waals surface area contributed by atoms with Gasteiger partial charge in [-0.1, -0.05) is 6.92 Å². The van der Waals surface area contributed by atoms with E-state index < -0.39 is 0 Å². The Kier molecular flexibility index (Phi) is 4.13. The minimum atomic E-state index is -0.0742. The summed E-state index contributed by atoms with van der Waals surface area (Å²) >= 11 is 0. The van der Waals surface area contributed by atoms with Crippen molar-refractivity contribution in [2.45, 2.75) is 13.3 Å². The molecular weight excluding hydrogens is 240 g/mol. The highest BCUT2D eigenvalue weighted by atomic mass is 16.2. The standard InChI is InChI=1S/C14H18N4O/c1-10-4-5-18(9-12(10)7-16)14(19)13-3-2-11(6-15)8-17-13/h2-3,8,10,12H,4-5,7,9,16H2,1H3. The van der Waals surface area contributed by atoms with E-state index in [0.29, 0.717) is 36.2 Å². The number of pyridine rings is 1. The summed E-state index contributed by atoms with van der Waals surface area (Å²) < 4.78 is 0. The number of nitrogens with two attached hydrogens (primary N) is 1. The molecule has 5 nitrogen and oxygen atoms in total. The first-order valence-electron chi connectivity index (χ1n) is 6.51. The average Bonchev–Trinajstić information content (AvgIpc) is 2.47. The van der Waals surface area contributed by atoms with Crippen LogP contribution in [0.25, 0.3) is 0 Å². The molecule has 100 valence electrons. The van der Waals surface area contributed by atoms with Crippen LogP contribution in [-0.4, -0.2) is 35.4 Å². The molecule has 2 atom stereocenters. The van der Waals surface area contributed by atoms with Crippen molar-refractivity contribution in [1.29, 1.82) is 5.26 Å². The molecule has 0 saturated carbocycles. The molecule has 1 fully saturated rings. The van der Waals surface area contributed by atoms with Gasteiger partial charge in [-0.25, -0.2) is 4.98 Å². The summed E-state index contributed by atoms with van der Waals surface area (Å²) in [7, 11) is 0. The van der Waals surface area contributed by atoms with Crippen molar-refractivity contribution in [3.05, 3.63) is 29.6 Å². The van der Waals surface area contributed by atoms with Crippen LogP contribution in [0.4, 0.5) is 0 Å². The predicted molar refractivity (Wildman–Crippen MR) is 71.2 cm³/mol. The number of nitriles is 1. The van der Waals surface area contributed by atoms with E-state index in [-0.39, 0.29) is 5.91 Å². The Hall–Kier alpha value is -1.93. The van der Waals surface area contributed by atoms with Gasteiger partial charge in [-0.3, -0.25) is 4.79 Å². The summed E-state index contributed by atoms with van der Waals surface area (Å²) in [5.74, 6) is 0.842. The fraction of sp³-hybridized carbons (Fsp3) is 0.500. The summed E-state index contributed by atoms with van der Waals surface area (Å²) in [6, 6.07) is 5.22. The van der Waals surface area contributed by atoms with Crippen LogP contribution < -0.4 is 5.73 Å². The molecular formula is C14H18N4O. The number of hydrogen-bond donors (Lipinski definition) is 1. The first-order chi connectivity index (χ1) is 9.15. The van der Waals surface area contributed by atoms with Crippen LogP contribution in [-0.2, 0) is 0 Å². The lowest BCUT2D eigenvalue weighted by molar-refractivity contribution is 0.0612. The number of hydrogen-bond acceptors (Lipinski definition) is 4. The van der Waals surface area contributed by atoms with Gasteiger partial charge in [0.25, 0.3) is 5.91 Å². The number of rotatable bonds is 2. The molecule has 1 amide bonds. The number of likely N-dealkylation sites (tertiary alicyclic amines) is 1. The molecule has 0 aromatic carbocycles. The number of carbonyl (C=O) groups is 1. The van der Waals surface area contributed by atoms with E-state index in [1.165, 1.54) is 6.20 Å². The zero-order chi connectivity index (χ0) is 13.8. The third-order valence-corrected chi connectivity index (χ3v) is 3.82. The van der Waals surface area contributed by atoms with E-state index >= 15 is 0 Å². The van der Waals surface area contributed by atoms with Crippen molar-refractivity contribution in [1.82, 2.24) is 9.88 Å². The maximum Gasteiger partial charge on any atom is 0.272 e. The maximum atomic E-state index is 12.3. The maximum absolute atomic E-state index is 12.3. The third-order valence-electron chi connectivity index (χ3n) is 3.82. The lowest BCUT2D eigenvalue weighted by atomic mass is 9.87. The second kappa shape index (κ2) is 5.81. The summed E-state index contributed by atoms with van der Waals surface area (Å²) in [6.07, 6.45) is 2.41.